The molecule has 1 saturated heterocycles. The molecule has 6 heteroatoms. The summed E-state index contributed by atoms with van der Waals surface area (Å²) in [5, 5.41) is 19.8. The van der Waals surface area contributed by atoms with Crippen LogP contribution in [-0.4, -0.2) is 46.2 Å². The summed E-state index contributed by atoms with van der Waals surface area (Å²) in [4.78, 5) is 25.3. The van der Waals surface area contributed by atoms with Crippen LogP contribution in [0.2, 0.25) is 0 Å². The fourth-order valence-electron chi connectivity index (χ4n) is 2.45. The molecule has 2 N–H and O–H groups in total. The van der Waals surface area contributed by atoms with Crippen molar-refractivity contribution in [3.05, 3.63) is 28.0 Å². The molecule has 0 bridgehead atoms. The molecule has 0 saturated carbocycles. The van der Waals surface area contributed by atoms with E-state index >= 15 is 0 Å². The summed E-state index contributed by atoms with van der Waals surface area (Å²) in [6, 6.07) is 1.58. The van der Waals surface area contributed by atoms with E-state index < -0.39 is 5.97 Å². The number of hydrogen-bond acceptors (Lipinski definition) is 4. The summed E-state index contributed by atoms with van der Waals surface area (Å²) >= 11 is 1.29. The third-order valence-electron chi connectivity index (χ3n) is 3.63. The van der Waals surface area contributed by atoms with Crippen LogP contribution in [0.25, 0.3) is 6.08 Å². The fourth-order valence-corrected chi connectivity index (χ4v) is 3.30. The number of hydrogen-bond donors (Lipinski definition) is 2. The zero-order chi connectivity index (χ0) is 14.7. The minimum atomic E-state index is -1.04. The third kappa shape index (κ3) is 2.91. The molecule has 1 amide bonds. The molecular weight excluding hydrogens is 278 g/mol. The van der Waals surface area contributed by atoms with Gasteiger partial charge in [-0.25, -0.2) is 4.79 Å². The van der Waals surface area contributed by atoms with Gasteiger partial charge in [-0.2, -0.15) is 0 Å². The standard InChI is InChI=1S/C14H17NO4S/c1-9-4-6-15(11(9)8-16)14(19)13-10(5-7-20-13)2-3-12(17)18/h2-3,5,7,9,11,16H,4,6,8H2,1H3,(H,17,18)/b3-2+. The molecule has 5 nitrogen and oxygen atoms in total. The molecule has 1 aromatic heterocycles. The summed E-state index contributed by atoms with van der Waals surface area (Å²) in [6.45, 7) is 2.61. The van der Waals surface area contributed by atoms with E-state index in [1.54, 1.807) is 16.3 Å². The van der Waals surface area contributed by atoms with Crippen LogP contribution in [-0.2, 0) is 4.79 Å². The lowest BCUT2D eigenvalue weighted by molar-refractivity contribution is -0.131. The van der Waals surface area contributed by atoms with Crippen molar-refractivity contribution in [2.45, 2.75) is 19.4 Å². The van der Waals surface area contributed by atoms with Gasteiger partial charge in [-0.3, -0.25) is 4.79 Å². The monoisotopic (exact) mass is 295 g/mol. The van der Waals surface area contributed by atoms with E-state index in [0.717, 1.165) is 12.5 Å². The van der Waals surface area contributed by atoms with Crippen molar-refractivity contribution in [2.75, 3.05) is 13.2 Å². The van der Waals surface area contributed by atoms with E-state index in [1.165, 1.54) is 17.4 Å². The number of amides is 1. The maximum atomic E-state index is 12.5. The zero-order valence-corrected chi connectivity index (χ0v) is 12.0. The van der Waals surface area contributed by atoms with Gasteiger partial charge in [0.25, 0.3) is 5.91 Å². The lowest BCUT2D eigenvalue weighted by Crippen LogP contribution is -2.39. The van der Waals surface area contributed by atoms with E-state index in [4.69, 9.17) is 5.11 Å². The highest BCUT2D eigenvalue weighted by Crippen LogP contribution is 2.28. The Morgan fingerprint density at radius 2 is 2.30 bits per heavy atom. The number of carboxylic acids is 1. The maximum Gasteiger partial charge on any atom is 0.328 e. The van der Waals surface area contributed by atoms with Crippen molar-refractivity contribution in [1.82, 2.24) is 4.90 Å². The summed E-state index contributed by atoms with van der Waals surface area (Å²) < 4.78 is 0. The first-order valence-electron chi connectivity index (χ1n) is 6.45. The van der Waals surface area contributed by atoms with E-state index in [0.29, 0.717) is 17.0 Å². The molecule has 2 rings (SSSR count). The molecule has 0 spiro atoms. The highest BCUT2D eigenvalue weighted by Gasteiger charge is 2.35. The van der Waals surface area contributed by atoms with Crippen LogP contribution in [0.1, 0.15) is 28.6 Å². The Kier molecular flexibility index (Phi) is 4.57. The Morgan fingerprint density at radius 3 is 2.95 bits per heavy atom. The Balaban J connectivity index is 2.22. The number of aliphatic carboxylic acids is 1. The van der Waals surface area contributed by atoms with Crippen molar-refractivity contribution in [3.8, 4) is 0 Å². The largest absolute Gasteiger partial charge is 0.478 e. The minimum absolute atomic E-state index is 0.0431. The molecule has 0 aliphatic carbocycles. The normalized spacial score (nSPS) is 22.6. The molecule has 0 radical (unpaired) electrons. The van der Waals surface area contributed by atoms with Gasteiger partial charge in [-0.1, -0.05) is 6.92 Å². The van der Waals surface area contributed by atoms with Crippen LogP contribution in [0.5, 0.6) is 0 Å². The van der Waals surface area contributed by atoms with Crippen molar-refractivity contribution >= 4 is 29.3 Å². The molecule has 1 aliphatic heterocycles. The Morgan fingerprint density at radius 1 is 1.55 bits per heavy atom. The topological polar surface area (TPSA) is 77.8 Å². The molecule has 20 heavy (non-hydrogen) atoms. The number of aliphatic hydroxyl groups is 1. The summed E-state index contributed by atoms with van der Waals surface area (Å²) in [6.07, 6.45) is 3.33. The average molecular weight is 295 g/mol. The maximum absolute atomic E-state index is 12.5. The van der Waals surface area contributed by atoms with Crippen molar-refractivity contribution in [3.63, 3.8) is 0 Å². The number of carbonyl (C=O) groups excluding carboxylic acids is 1. The first kappa shape index (κ1) is 14.7. The second-order valence-corrected chi connectivity index (χ2v) is 5.81. The molecule has 1 fully saturated rings. The van der Waals surface area contributed by atoms with Crippen LogP contribution < -0.4 is 0 Å². The van der Waals surface area contributed by atoms with Crippen LogP contribution in [0.15, 0.2) is 17.5 Å². The number of carboxylic acid groups (broad SMARTS) is 1. The van der Waals surface area contributed by atoms with E-state index in [-0.39, 0.29) is 24.5 Å². The van der Waals surface area contributed by atoms with Gasteiger partial charge in [0.15, 0.2) is 0 Å². The van der Waals surface area contributed by atoms with Crippen LogP contribution in [0.3, 0.4) is 0 Å². The smallest absolute Gasteiger partial charge is 0.328 e. The van der Waals surface area contributed by atoms with Crippen LogP contribution in [0, 0.1) is 5.92 Å². The van der Waals surface area contributed by atoms with Gasteiger partial charge in [0.1, 0.15) is 0 Å². The first-order valence-corrected chi connectivity index (χ1v) is 7.33. The SMILES string of the molecule is CC1CCN(C(=O)c2sccc2/C=C/C(=O)O)C1CO. The van der Waals surface area contributed by atoms with Crippen molar-refractivity contribution in [2.24, 2.45) is 5.92 Å². The highest BCUT2D eigenvalue weighted by molar-refractivity contribution is 7.12. The van der Waals surface area contributed by atoms with Crippen molar-refractivity contribution in [1.29, 1.82) is 0 Å². The molecule has 0 aromatic carbocycles. The lowest BCUT2D eigenvalue weighted by Gasteiger charge is -2.25. The van der Waals surface area contributed by atoms with Gasteiger partial charge in [0, 0.05) is 12.6 Å². The Labute approximate surface area is 121 Å². The van der Waals surface area contributed by atoms with Gasteiger partial charge in [0.2, 0.25) is 0 Å². The van der Waals surface area contributed by atoms with E-state index in [9.17, 15) is 14.7 Å². The fraction of sp³-hybridized carbons (Fsp3) is 0.429. The number of rotatable bonds is 4. The predicted molar refractivity (Wildman–Crippen MR) is 76.7 cm³/mol. The summed E-state index contributed by atoms with van der Waals surface area (Å²) in [7, 11) is 0. The molecular formula is C14H17NO4S. The molecule has 2 heterocycles. The van der Waals surface area contributed by atoms with Crippen LogP contribution >= 0.6 is 11.3 Å². The summed E-state index contributed by atoms with van der Waals surface area (Å²) in [5.41, 5.74) is 0.610. The Hall–Kier alpha value is -1.66. The number of carbonyl (C=O) groups is 2. The lowest BCUT2D eigenvalue weighted by atomic mass is 10.0. The number of aliphatic hydroxyl groups excluding tert-OH is 1. The molecule has 1 aromatic rings. The van der Waals surface area contributed by atoms with Gasteiger partial charge in [0.05, 0.1) is 17.5 Å². The van der Waals surface area contributed by atoms with Crippen molar-refractivity contribution < 1.29 is 19.8 Å². The highest BCUT2D eigenvalue weighted by atomic mass is 32.1. The minimum Gasteiger partial charge on any atom is -0.478 e. The molecule has 108 valence electrons. The molecule has 2 unspecified atom stereocenters. The van der Waals surface area contributed by atoms with Gasteiger partial charge in [-0.05, 0) is 35.4 Å². The van der Waals surface area contributed by atoms with Gasteiger partial charge in [-0.15, -0.1) is 11.3 Å². The van der Waals surface area contributed by atoms with E-state index in [2.05, 4.69) is 0 Å². The second-order valence-electron chi connectivity index (χ2n) is 4.89. The average Bonchev–Trinajstić information content (AvgIpc) is 3.01. The molecule has 2 atom stereocenters. The second kappa shape index (κ2) is 6.19. The van der Waals surface area contributed by atoms with Crippen LogP contribution in [0.4, 0.5) is 0 Å². The van der Waals surface area contributed by atoms with E-state index in [1.807, 2.05) is 6.92 Å². The third-order valence-corrected chi connectivity index (χ3v) is 4.54. The predicted octanol–water partition coefficient (Wildman–Crippen LogP) is 1.69. The number of nitrogens with zero attached hydrogens (tertiary/aromatic N) is 1. The number of thiophene rings is 1. The van der Waals surface area contributed by atoms with Gasteiger partial charge < -0.3 is 15.1 Å². The quantitative estimate of drug-likeness (QED) is 0.829. The zero-order valence-electron chi connectivity index (χ0n) is 11.2. The summed E-state index contributed by atoms with van der Waals surface area (Å²) in [5.74, 6) is -0.895. The first-order chi connectivity index (χ1) is 9.54. The molecule has 1 aliphatic rings. The number of likely N-dealkylation sites (tertiary alicyclic amines) is 1. The Bertz CT molecular complexity index is 537. The van der Waals surface area contributed by atoms with Gasteiger partial charge >= 0.3 is 5.97 Å².